The Kier molecular flexibility index (Phi) is 8.01. The number of piperazine rings is 1. The van der Waals surface area contributed by atoms with Crippen molar-refractivity contribution in [3.63, 3.8) is 0 Å². The molecule has 2 aromatic carbocycles. The molecule has 0 spiro atoms. The molecule has 1 aliphatic rings. The number of benzene rings is 2. The average molecular weight is 480 g/mol. The Bertz CT molecular complexity index is 1000. The van der Waals surface area contributed by atoms with E-state index >= 15 is 0 Å². The Labute approximate surface area is 194 Å². The Morgan fingerprint density at radius 3 is 2.15 bits per heavy atom. The highest BCUT2D eigenvalue weighted by molar-refractivity contribution is 8.00. The first-order valence-electron chi connectivity index (χ1n) is 10.3. The first kappa shape index (κ1) is 24.6. The summed E-state index contributed by atoms with van der Waals surface area (Å²) in [5, 5.41) is 2.76. The van der Waals surface area contributed by atoms with E-state index < -0.39 is 17.6 Å². The number of amides is 3. The van der Waals surface area contributed by atoms with Gasteiger partial charge >= 0.3 is 6.18 Å². The van der Waals surface area contributed by atoms with Crippen LogP contribution in [0.25, 0.3) is 0 Å². The summed E-state index contributed by atoms with van der Waals surface area (Å²) in [6, 6.07) is 12.1. The van der Waals surface area contributed by atoms with E-state index in [1.165, 1.54) is 34.9 Å². The number of hydrogen-bond donors (Lipinski definition) is 1. The third kappa shape index (κ3) is 6.74. The van der Waals surface area contributed by atoms with Gasteiger partial charge in [0, 0.05) is 31.9 Å². The quantitative estimate of drug-likeness (QED) is 0.687. The second kappa shape index (κ2) is 10.7. The lowest BCUT2D eigenvalue weighted by Crippen LogP contribution is -2.51. The Morgan fingerprint density at radius 2 is 1.52 bits per heavy atom. The highest BCUT2D eigenvalue weighted by Gasteiger charge is 2.36. The molecule has 3 amide bonds. The van der Waals surface area contributed by atoms with E-state index in [0.717, 1.165) is 11.6 Å². The fourth-order valence-electron chi connectivity index (χ4n) is 3.40. The number of rotatable bonds is 6. The molecule has 0 aliphatic carbocycles. The van der Waals surface area contributed by atoms with Gasteiger partial charge in [0.05, 0.1) is 22.6 Å². The summed E-state index contributed by atoms with van der Waals surface area (Å²) in [4.78, 5) is 40.0. The number of carbonyl (C=O) groups is 3. The minimum atomic E-state index is -4.62. The summed E-state index contributed by atoms with van der Waals surface area (Å²) in [5.74, 6) is -0.864. The van der Waals surface area contributed by atoms with Crippen LogP contribution >= 0.6 is 11.8 Å². The van der Waals surface area contributed by atoms with Gasteiger partial charge in [-0.3, -0.25) is 14.4 Å². The van der Waals surface area contributed by atoms with Crippen LogP contribution < -0.4 is 5.32 Å². The minimum absolute atomic E-state index is 0.103. The molecule has 1 heterocycles. The van der Waals surface area contributed by atoms with Crippen LogP contribution in [0.3, 0.4) is 0 Å². The Morgan fingerprint density at radius 1 is 0.909 bits per heavy atom. The molecule has 0 bridgehead atoms. The first-order valence-corrected chi connectivity index (χ1v) is 11.5. The van der Waals surface area contributed by atoms with E-state index in [0.29, 0.717) is 5.69 Å². The van der Waals surface area contributed by atoms with Crippen LogP contribution in [0.2, 0.25) is 0 Å². The van der Waals surface area contributed by atoms with Crippen molar-refractivity contribution in [1.82, 2.24) is 9.80 Å². The zero-order valence-corrected chi connectivity index (χ0v) is 18.8. The zero-order chi connectivity index (χ0) is 24.0. The lowest BCUT2D eigenvalue weighted by Gasteiger charge is -2.35. The largest absolute Gasteiger partial charge is 0.417 e. The van der Waals surface area contributed by atoms with Crippen molar-refractivity contribution in [2.75, 3.05) is 43.0 Å². The number of thioether (sulfide) groups is 1. The van der Waals surface area contributed by atoms with Gasteiger partial charge in [0.2, 0.25) is 11.8 Å². The normalized spacial score (nSPS) is 14.2. The van der Waals surface area contributed by atoms with Crippen LogP contribution in [-0.4, -0.2) is 65.2 Å². The van der Waals surface area contributed by atoms with Crippen LogP contribution in [0.5, 0.6) is 0 Å². The number of halogens is 3. The van der Waals surface area contributed by atoms with Gasteiger partial charge in [-0.1, -0.05) is 29.8 Å². The van der Waals surface area contributed by atoms with E-state index in [1.54, 1.807) is 17.0 Å². The maximum absolute atomic E-state index is 13.2. The van der Waals surface area contributed by atoms with Gasteiger partial charge in [0.1, 0.15) is 0 Å². The maximum Gasteiger partial charge on any atom is 0.417 e. The van der Waals surface area contributed by atoms with Gasteiger partial charge in [-0.05, 0) is 31.2 Å². The lowest BCUT2D eigenvalue weighted by molar-refractivity contribution is -0.138. The Hall–Kier alpha value is -3.01. The van der Waals surface area contributed by atoms with Gasteiger partial charge in [-0.25, -0.2) is 0 Å². The SMILES string of the molecule is Cc1ccc(NC(=O)CSCC(=O)N2CCN(C(=O)c3ccccc3C(F)(F)F)CC2)cc1. The number of alkyl halides is 3. The van der Waals surface area contributed by atoms with E-state index in [4.69, 9.17) is 0 Å². The van der Waals surface area contributed by atoms with Gasteiger partial charge < -0.3 is 15.1 Å². The number of hydrogen-bond acceptors (Lipinski definition) is 4. The molecule has 1 aliphatic heterocycles. The average Bonchev–Trinajstić information content (AvgIpc) is 2.79. The molecule has 3 rings (SSSR count). The van der Waals surface area contributed by atoms with E-state index in [9.17, 15) is 27.6 Å². The molecule has 2 aromatic rings. The summed E-state index contributed by atoms with van der Waals surface area (Å²) in [6.45, 7) is 2.71. The molecule has 6 nitrogen and oxygen atoms in total. The van der Waals surface area contributed by atoms with Gasteiger partial charge in [-0.2, -0.15) is 13.2 Å². The highest BCUT2D eigenvalue weighted by Crippen LogP contribution is 2.32. The predicted molar refractivity (Wildman–Crippen MR) is 121 cm³/mol. The molecule has 1 saturated heterocycles. The molecule has 1 N–H and O–H groups in total. The van der Waals surface area contributed by atoms with Crippen molar-refractivity contribution in [3.8, 4) is 0 Å². The number of nitrogens with one attached hydrogen (secondary N) is 1. The highest BCUT2D eigenvalue weighted by atomic mass is 32.2. The number of aryl methyl sites for hydroxylation is 1. The molecule has 0 unspecified atom stereocenters. The molecular weight excluding hydrogens is 455 g/mol. The molecule has 0 atom stereocenters. The molecular formula is C23H24F3N3O3S. The summed E-state index contributed by atoms with van der Waals surface area (Å²) < 4.78 is 39.6. The van der Waals surface area contributed by atoms with Gasteiger partial charge in [0.15, 0.2) is 0 Å². The molecule has 0 radical (unpaired) electrons. The molecule has 0 saturated carbocycles. The third-order valence-electron chi connectivity index (χ3n) is 5.18. The first-order chi connectivity index (χ1) is 15.6. The van der Waals surface area contributed by atoms with Crippen molar-refractivity contribution in [1.29, 1.82) is 0 Å². The number of nitrogens with zero attached hydrogens (tertiary/aromatic N) is 2. The smallest absolute Gasteiger partial charge is 0.338 e. The molecule has 0 aromatic heterocycles. The summed E-state index contributed by atoms with van der Waals surface area (Å²) in [6.07, 6.45) is -4.62. The van der Waals surface area contributed by atoms with Crippen LogP contribution in [0, 0.1) is 6.92 Å². The topological polar surface area (TPSA) is 69.7 Å². The van der Waals surface area contributed by atoms with Crippen molar-refractivity contribution >= 4 is 35.2 Å². The van der Waals surface area contributed by atoms with Crippen LogP contribution in [0.15, 0.2) is 48.5 Å². The van der Waals surface area contributed by atoms with Crippen LogP contribution in [-0.2, 0) is 15.8 Å². The van der Waals surface area contributed by atoms with E-state index in [2.05, 4.69) is 5.32 Å². The predicted octanol–water partition coefficient (Wildman–Crippen LogP) is 3.67. The second-order valence-electron chi connectivity index (χ2n) is 7.62. The minimum Gasteiger partial charge on any atom is -0.338 e. The van der Waals surface area contributed by atoms with Crippen molar-refractivity contribution in [2.45, 2.75) is 13.1 Å². The standard InChI is InChI=1S/C23H24F3N3O3S/c1-16-6-8-17(9-7-16)27-20(30)14-33-15-21(31)28-10-12-29(13-11-28)22(32)18-4-2-3-5-19(18)23(24,25)26/h2-9H,10-15H2,1H3,(H,27,30). The van der Waals surface area contributed by atoms with E-state index in [1.807, 2.05) is 19.1 Å². The summed E-state index contributed by atoms with van der Waals surface area (Å²) >= 11 is 1.19. The van der Waals surface area contributed by atoms with Crippen molar-refractivity contribution in [3.05, 3.63) is 65.2 Å². The van der Waals surface area contributed by atoms with Gasteiger partial charge in [0.25, 0.3) is 5.91 Å². The monoisotopic (exact) mass is 479 g/mol. The van der Waals surface area contributed by atoms with Crippen molar-refractivity contribution in [2.24, 2.45) is 0 Å². The molecule has 10 heteroatoms. The van der Waals surface area contributed by atoms with Gasteiger partial charge in [-0.15, -0.1) is 11.8 Å². The Balaban J connectivity index is 1.44. The third-order valence-corrected chi connectivity index (χ3v) is 6.09. The van der Waals surface area contributed by atoms with Crippen LogP contribution in [0.4, 0.5) is 18.9 Å². The fourth-order valence-corrected chi connectivity index (χ4v) is 4.12. The number of carbonyl (C=O) groups excluding carboxylic acids is 3. The van der Waals surface area contributed by atoms with Crippen LogP contribution in [0.1, 0.15) is 21.5 Å². The molecule has 1 fully saturated rings. The fraction of sp³-hybridized carbons (Fsp3) is 0.348. The zero-order valence-electron chi connectivity index (χ0n) is 18.0. The molecule has 33 heavy (non-hydrogen) atoms. The maximum atomic E-state index is 13.2. The second-order valence-corrected chi connectivity index (χ2v) is 8.61. The summed E-state index contributed by atoms with van der Waals surface area (Å²) in [5.41, 5.74) is 0.415. The summed E-state index contributed by atoms with van der Waals surface area (Å²) in [7, 11) is 0. The van der Waals surface area contributed by atoms with Crippen molar-refractivity contribution < 1.29 is 27.6 Å². The lowest BCUT2D eigenvalue weighted by atomic mass is 10.1. The molecule has 176 valence electrons. The van der Waals surface area contributed by atoms with E-state index in [-0.39, 0.29) is 55.1 Å². The number of anilines is 1.